The highest BCUT2D eigenvalue weighted by Gasteiger charge is 2.12. The lowest BCUT2D eigenvalue weighted by molar-refractivity contribution is -0.116. The Hall–Kier alpha value is -3.47. The molecule has 1 aliphatic heterocycles. The van der Waals surface area contributed by atoms with Gasteiger partial charge in [0, 0.05) is 11.5 Å². The zero-order chi connectivity index (χ0) is 18.5. The first kappa shape index (κ1) is 17.0. The maximum absolute atomic E-state index is 12.0. The molecule has 1 aliphatic rings. The van der Waals surface area contributed by atoms with Gasteiger partial charge in [-0.2, -0.15) is 0 Å². The van der Waals surface area contributed by atoms with Crippen molar-refractivity contribution in [2.24, 2.45) is 0 Å². The summed E-state index contributed by atoms with van der Waals surface area (Å²) in [5.41, 5.74) is 0.876. The molecule has 5 nitrogen and oxygen atoms in total. The van der Waals surface area contributed by atoms with Crippen molar-refractivity contribution in [1.82, 2.24) is 5.32 Å². The molecule has 3 aromatic carbocycles. The molecule has 0 aromatic heterocycles. The van der Waals surface area contributed by atoms with Crippen molar-refractivity contribution in [3.05, 3.63) is 72.3 Å². The normalized spacial score (nSPS) is 12.4. The van der Waals surface area contributed by atoms with Crippen LogP contribution < -0.4 is 19.5 Å². The SMILES string of the molecule is O=C(/C=C/c1ccc2c(c1)OCO2)NCCOc1cccc2ccccc12. The predicted octanol–water partition coefficient (Wildman–Crippen LogP) is 3.78. The summed E-state index contributed by atoms with van der Waals surface area (Å²) in [7, 11) is 0. The van der Waals surface area contributed by atoms with Crippen molar-refractivity contribution in [2.75, 3.05) is 19.9 Å². The first-order valence-electron chi connectivity index (χ1n) is 8.76. The van der Waals surface area contributed by atoms with Gasteiger partial charge in [-0.1, -0.05) is 42.5 Å². The molecule has 1 N–H and O–H groups in total. The van der Waals surface area contributed by atoms with Crippen molar-refractivity contribution in [2.45, 2.75) is 0 Å². The van der Waals surface area contributed by atoms with E-state index in [4.69, 9.17) is 14.2 Å². The van der Waals surface area contributed by atoms with Gasteiger partial charge in [-0.3, -0.25) is 4.79 Å². The molecule has 3 aromatic rings. The Morgan fingerprint density at radius 2 is 1.89 bits per heavy atom. The van der Waals surface area contributed by atoms with Crippen LogP contribution in [-0.4, -0.2) is 25.9 Å². The second-order valence-corrected chi connectivity index (χ2v) is 6.06. The number of carbonyl (C=O) groups excluding carboxylic acids is 1. The Morgan fingerprint density at radius 1 is 1.04 bits per heavy atom. The van der Waals surface area contributed by atoms with E-state index in [1.54, 1.807) is 6.08 Å². The molecule has 0 bridgehead atoms. The molecule has 0 saturated heterocycles. The number of fused-ring (bicyclic) bond motifs is 2. The third-order valence-electron chi connectivity index (χ3n) is 4.23. The third kappa shape index (κ3) is 4.03. The third-order valence-corrected chi connectivity index (χ3v) is 4.23. The van der Waals surface area contributed by atoms with Crippen molar-refractivity contribution in [3.63, 3.8) is 0 Å². The molecule has 0 fully saturated rings. The van der Waals surface area contributed by atoms with E-state index < -0.39 is 0 Å². The standard InChI is InChI=1S/C22H19NO4/c24-22(11-9-16-8-10-20-21(14-16)27-15-26-20)23-12-13-25-19-7-3-5-17-4-1-2-6-18(17)19/h1-11,14H,12-13,15H2,(H,23,24)/b11-9+. The summed E-state index contributed by atoms with van der Waals surface area (Å²) < 4.78 is 16.4. The topological polar surface area (TPSA) is 56.8 Å². The number of benzene rings is 3. The van der Waals surface area contributed by atoms with Crippen molar-refractivity contribution >= 4 is 22.8 Å². The van der Waals surface area contributed by atoms with E-state index in [9.17, 15) is 4.79 Å². The molecule has 27 heavy (non-hydrogen) atoms. The molecule has 0 unspecified atom stereocenters. The van der Waals surface area contributed by atoms with E-state index in [1.165, 1.54) is 6.08 Å². The Morgan fingerprint density at radius 3 is 2.85 bits per heavy atom. The molecule has 0 spiro atoms. The number of ether oxygens (including phenoxy) is 3. The first-order chi connectivity index (χ1) is 13.3. The number of hydrogen-bond donors (Lipinski definition) is 1. The second-order valence-electron chi connectivity index (χ2n) is 6.06. The second kappa shape index (κ2) is 7.83. The average molecular weight is 361 g/mol. The van der Waals surface area contributed by atoms with Gasteiger partial charge in [0.2, 0.25) is 12.7 Å². The molecular weight excluding hydrogens is 342 g/mol. The van der Waals surface area contributed by atoms with Crippen LogP contribution in [0.25, 0.3) is 16.8 Å². The Labute approximate surface area is 157 Å². The monoisotopic (exact) mass is 361 g/mol. The fourth-order valence-corrected chi connectivity index (χ4v) is 2.90. The van der Waals surface area contributed by atoms with Crippen LogP contribution >= 0.6 is 0 Å². The lowest BCUT2D eigenvalue weighted by Crippen LogP contribution is -2.26. The fraction of sp³-hybridized carbons (Fsp3) is 0.136. The van der Waals surface area contributed by atoms with E-state index in [-0.39, 0.29) is 12.7 Å². The van der Waals surface area contributed by atoms with E-state index in [0.29, 0.717) is 18.9 Å². The molecule has 136 valence electrons. The molecule has 1 amide bonds. The van der Waals surface area contributed by atoms with Gasteiger partial charge in [0.1, 0.15) is 12.4 Å². The van der Waals surface area contributed by atoms with Gasteiger partial charge in [-0.25, -0.2) is 0 Å². The average Bonchev–Trinajstić information content (AvgIpc) is 3.17. The van der Waals surface area contributed by atoms with Crippen LogP contribution in [0.4, 0.5) is 0 Å². The highest BCUT2D eigenvalue weighted by molar-refractivity contribution is 5.91. The minimum Gasteiger partial charge on any atom is -0.491 e. The number of rotatable bonds is 6. The molecule has 5 heteroatoms. The minimum absolute atomic E-state index is 0.172. The summed E-state index contributed by atoms with van der Waals surface area (Å²) in [6, 6.07) is 19.5. The highest BCUT2D eigenvalue weighted by Crippen LogP contribution is 2.32. The van der Waals surface area contributed by atoms with Gasteiger partial charge in [0.25, 0.3) is 0 Å². The molecule has 1 heterocycles. The largest absolute Gasteiger partial charge is 0.491 e. The van der Waals surface area contributed by atoms with Crippen LogP contribution in [0.2, 0.25) is 0 Å². The Kier molecular flexibility index (Phi) is 4.92. The number of nitrogens with one attached hydrogen (secondary N) is 1. The van der Waals surface area contributed by atoms with E-state index in [0.717, 1.165) is 27.8 Å². The van der Waals surface area contributed by atoms with Crippen molar-refractivity contribution in [3.8, 4) is 17.2 Å². The highest BCUT2D eigenvalue weighted by atomic mass is 16.7. The lowest BCUT2D eigenvalue weighted by Gasteiger charge is -2.09. The zero-order valence-electron chi connectivity index (χ0n) is 14.7. The summed E-state index contributed by atoms with van der Waals surface area (Å²) in [4.78, 5) is 12.0. The number of carbonyl (C=O) groups is 1. The van der Waals surface area contributed by atoms with E-state index >= 15 is 0 Å². The van der Waals surface area contributed by atoms with Crippen molar-refractivity contribution < 1.29 is 19.0 Å². The summed E-state index contributed by atoms with van der Waals surface area (Å²) in [6.07, 6.45) is 3.23. The molecule has 4 rings (SSSR count). The van der Waals surface area contributed by atoms with E-state index in [1.807, 2.05) is 60.7 Å². The maximum Gasteiger partial charge on any atom is 0.244 e. The van der Waals surface area contributed by atoms with Crippen LogP contribution in [0.1, 0.15) is 5.56 Å². The van der Waals surface area contributed by atoms with E-state index in [2.05, 4.69) is 5.32 Å². The fourth-order valence-electron chi connectivity index (χ4n) is 2.90. The summed E-state index contributed by atoms with van der Waals surface area (Å²) in [5.74, 6) is 2.07. The Balaban J connectivity index is 1.27. The van der Waals surface area contributed by atoms with Crippen LogP contribution in [0.3, 0.4) is 0 Å². The minimum atomic E-state index is -0.172. The van der Waals surface area contributed by atoms with Gasteiger partial charge in [-0.05, 0) is 35.2 Å². The molecule has 0 aliphatic carbocycles. The van der Waals surface area contributed by atoms with Crippen LogP contribution in [0, 0.1) is 0 Å². The molecule has 0 atom stereocenters. The van der Waals surface area contributed by atoms with Crippen LogP contribution in [0.5, 0.6) is 17.2 Å². The lowest BCUT2D eigenvalue weighted by atomic mass is 10.1. The quantitative estimate of drug-likeness (QED) is 0.536. The summed E-state index contributed by atoms with van der Waals surface area (Å²) in [5, 5.41) is 5.01. The molecule has 0 radical (unpaired) electrons. The number of amides is 1. The predicted molar refractivity (Wildman–Crippen MR) is 104 cm³/mol. The molecular formula is C22H19NO4. The molecule has 0 saturated carbocycles. The van der Waals surface area contributed by atoms with Gasteiger partial charge in [0.05, 0.1) is 6.54 Å². The zero-order valence-corrected chi connectivity index (χ0v) is 14.7. The maximum atomic E-state index is 12.0. The first-order valence-corrected chi connectivity index (χ1v) is 8.76. The van der Waals surface area contributed by atoms with Gasteiger partial charge in [-0.15, -0.1) is 0 Å². The summed E-state index contributed by atoms with van der Waals surface area (Å²) >= 11 is 0. The Bertz CT molecular complexity index is 991. The van der Waals surface area contributed by atoms with Crippen molar-refractivity contribution in [1.29, 1.82) is 0 Å². The van der Waals surface area contributed by atoms with Gasteiger partial charge in [0.15, 0.2) is 11.5 Å². The van der Waals surface area contributed by atoms with Crippen LogP contribution in [0.15, 0.2) is 66.7 Å². The smallest absolute Gasteiger partial charge is 0.244 e. The summed E-state index contributed by atoms with van der Waals surface area (Å²) in [6.45, 7) is 1.06. The number of hydrogen-bond acceptors (Lipinski definition) is 4. The van der Waals surface area contributed by atoms with Gasteiger partial charge >= 0.3 is 0 Å². The van der Waals surface area contributed by atoms with Gasteiger partial charge < -0.3 is 19.5 Å². The van der Waals surface area contributed by atoms with Crippen LogP contribution in [-0.2, 0) is 4.79 Å².